The molecule has 0 saturated carbocycles. The normalized spacial score (nSPS) is 19.0. The number of ether oxygens (including phenoxy) is 1. The molecule has 1 heterocycles. The number of hydrogen-bond donors (Lipinski definition) is 1. The summed E-state index contributed by atoms with van der Waals surface area (Å²) in [6.45, 7) is 10.9. The van der Waals surface area contributed by atoms with Crippen LogP contribution in [0.15, 0.2) is 29.2 Å². The van der Waals surface area contributed by atoms with Crippen molar-refractivity contribution >= 4 is 17.7 Å². The molecule has 5 heteroatoms. The molecule has 1 saturated heterocycles. The van der Waals surface area contributed by atoms with Gasteiger partial charge < -0.3 is 10.1 Å². The van der Waals surface area contributed by atoms with E-state index in [4.69, 9.17) is 4.74 Å². The number of morpholine rings is 1. The van der Waals surface area contributed by atoms with E-state index < -0.39 is 0 Å². The molecule has 0 aromatic heterocycles. The minimum atomic E-state index is 0.0721. The van der Waals surface area contributed by atoms with E-state index in [-0.39, 0.29) is 12.0 Å². The number of amides is 1. The fourth-order valence-electron chi connectivity index (χ4n) is 2.73. The number of carbonyl (C=O) groups excluding carboxylic acids is 1. The molecule has 1 atom stereocenters. The molecule has 0 unspecified atom stereocenters. The maximum atomic E-state index is 12.0. The van der Waals surface area contributed by atoms with E-state index in [1.807, 2.05) is 12.1 Å². The lowest BCUT2D eigenvalue weighted by atomic mass is 10.2. The molecule has 1 aromatic rings. The number of carbonyl (C=O) groups is 1. The SMILES string of the molecule is Cc1ccccc1SCC(=O)NC[C@H]1CN(CC(C)C)CCO1. The lowest BCUT2D eigenvalue weighted by Crippen LogP contribution is -2.48. The molecule has 0 bridgehead atoms. The van der Waals surface area contributed by atoms with Gasteiger partial charge in [-0.15, -0.1) is 11.8 Å². The van der Waals surface area contributed by atoms with E-state index in [9.17, 15) is 4.79 Å². The van der Waals surface area contributed by atoms with Crippen molar-refractivity contribution in [2.24, 2.45) is 5.92 Å². The molecular weight excluding hydrogens is 308 g/mol. The highest BCUT2D eigenvalue weighted by atomic mass is 32.2. The van der Waals surface area contributed by atoms with Crippen molar-refractivity contribution in [1.82, 2.24) is 10.2 Å². The second-order valence-electron chi connectivity index (χ2n) is 6.50. The lowest BCUT2D eigenvalue weighted by Gasteiger charge is -2.33. The number of benzene rings is 1. The zero-order chi connectivity index (χ0) is 16.7. The Kier molecular flexibility index (Phi) is 7.40. The molecule has 1 fully saturated rings. The van der Waals surface area contributed by atoms with Gasteiger partial charge in [-0.2, -0.15) is 0 Å². The molecule has 0 radical (unpaired) electrons. The lowest BCUT2D eigenvalue weighted by molar-refractivity contribution is -0.119. The minimum absolute atomic E-state index is 0.0721. The Morgan fingerprint density at radius 1 is 1.43 bits per heavy atom. The third kappa shape index (κ3) is 6.53. The van der Waals surface area contributed by atoms with Crippen LogP contribution in [0.5, 0.6) is 0 Å². The molecule has 4 nitrogen and oxygen atoms in total. The number of rotatable bonds is 7. The van der Waals surface area contributed by atoms with E-state index in [1.165, 1.54) is 10.5 Å². The Balaban J connectivity index is 1.69. The molecule has 1 aromatic carbocycles. The summed E-state index contributed by atoms with van der Waals surface area (Å²) < 4.78 is 5.76. The molecular formula is C18H28N2O2S. The van der Waals surface area contributed by atoms with E-state index in [1.54, 1.807) is 11.8 Å². The first-order valence-electron chi connectivity index (χ1n) is 8.33. The standard InChI is InChI=1S/C18H28N2O2S/c1-14(2)11-20-8-9-22-16(12-20)10-19-18(21)13-23-17-7-5-4-6-15(17)3/h4-7,14,16H,8-13H2,1-3H3,(H,19,21)/t16-/m0/s1. The van der Waals surface area contributed by atoms with Crippen LogP contribution >= 0.6 is 11.8 Å². The Labute approximate surface area is 144 Å². The molecule has 23 heavy (non-hydrogen) atoms. The van der Waals surface area contributed by atoms with Gasteiger partial charge in [0.1, 0.15) is 0 Å². The zero-order valence-electron chi connectivity index (χ0n) is 14.4. The van der Waals surface area contributed by atoms with Crippen LogP contribution in [-0.2, 0) is 9.53 Å². The largest absolute Gasteiger partial charge is 0.374 e. The molecule has 1 aliphatic heterocycles. The van der Waals surface area contributed by atoms with Crippen molar-refractivity contribution in [1.29, 1.82) is 0 Å². The quantitative estimate of drug-likeness (QED) is 0.777. The summed E-state index contributed by atoms with van der Waals surface area (Å²) in [5.74, 6) is 1.18. The summed E-state index contributed by atoms with van der Waals surface area (Å²) in [5, 5.41) is 3.00. The predicted molar refractivity (Wildman–Crippen MR) is 95.9 cm³/mol. The monoisotopic (exact) mass is 336 g/mol. The van der Waals surface area contributed by atoms with Gasteiger partial charge in [0.05, 0.1) is 18.5 Å². The highest BCUT2D eigenvalue weighted by Crippen LogP contribution is 2.21. The highest BCUT2D eigenvalue weighted by Gasteiger charge is 2.21. The Morgan fingerprint density at radius 3 is 2.96 bits per heavy atom. The van der Waals surface area contributed by atoms with Crippen LogP contribution in [-0.4, -0.2) is 55.4 Å². The van der Waals surface area contributed by atoms with Crippen molar-refractivity contribution in [3.8, 4) is 0 Å². The van der Waals surface area contributed by atoms with Gasteiger partial charge in [-0.1, -0.05) is 32.0 Å². The number of hydrogen-bond acceptors (Lipinski definition) is 4. The molecule has 0 aliphatic carbocycles. The summed E-state index contributed by atoms with van der Waals surface area (Å²) in [6.07, 6.45) is 0.106. The molecule has 128 valence electrons. The fourth-order valence-corrected chi connectivity index (χ4v) is 3.59. The van der Waals surface area contributed by atoms with Crippen LogP contribution in [0, 0.1) is 12.8 Å². The van der Waals surface area contributed by atoms with Crippen LogP contribution in [0.4, 0.5) is 0 Å². The van der Waals surface area contributed by atoms with Gasteiger partial charge in [0.25, 0.3) is 0 Å². The predicted octanol–water partition coefficient (Wildman–Crippen LogP) is 2.56. The van der Waals surface area contributed by atoms with Crippen molar-refractivity contribution in [2.45, 2.75) is 31.8 Å². The van der Waals surface area contributed by atoms with Crippen LogP contribution in [0.3, 0.4) is 0 Å². The first-order valence-corrected chi connectivity index (χ1v) is 9.32. The second-order valence-corrected chi connectivity index (χ2v) is 7.52. The van der Waals surface area contributed by atoms with Crippen LogP contribution in [0.1, 0.15) is 19.4 Å². The van der Waals surface area contributed by atoms with Gasteiger partial charge in [0, 0.05) is 31.1 Å². The smallest absolute Gasteiger partial charge is 0.230 e. The van der Waals surface area contributed by atoms with Crippen LogP contribution in [0.2, 0.25) is 0 Å². The maximum Gasteiger partial charge on any atom is 0.230 e. The molecule has 0 spiro atoms. The highest BCUT2D eigenvalue weighted by molar-refractivity contribution is 8.00. The third-order valence-electron chi connectivity index (χ3n) is 3.83. The van der Waals surface area contributed by atoms with Crippen molar-refractivity contribution in [3.63, 3.8) is 0 Å². The average Bonchev–Trinajstić information content (AvgIpc) is 2.52. The van der Waals surface area contributed by atoms with E-state index in [0.29, 0.717) is 18.2 Å². The summed E-state index contributed by atoms with van der Waals surface area (Å²) in [5.41, 5.74) is 1.21. The maximum absolute atomic E-state index is 12.0. The Bertz CT molecular complexity index is 508. The van der Waals surface area contributed by atoms with Gasteiger partial charge in [-0.05, 0) is 24.5 Å². The average molecular weight is 337 g/mol. The van der Waals surface area contributed by atoms with Gasteiger partial charge >= 0.3 is 0 Å². The Morgan fingerprint density at radius 2 is 2.22 bits per heavy atom. The number of nitrogens with zero attached hydrogens (tertiary/aromatic N) is 1. The summed E-state index contributed by atoms with van der Waals surface area (Å²) >= 11 is 1.59. The minimum Gasteiger partial charge on any atom is -0.374 e. The van der Waals surface area contributed by atoms with Crippen molar-refractivity contribution in [2.75, 3.05) is 38.5 Å². The summed E-state index contributed by atoms with van der Waals surface area (Å²) in [6, 6.07) is 8.15. The van der Waals surface area contributed by atoms with Gasteiger partial charge in [-0.25, -0.2) is 0 Å². The number of thioether (sulfide) groups is 1. The molecule has 2 rings (SSSR count). The second kappa shape index (κ2) is 9.30. The zero-order valence-corrected chi connectivity index (χ0v) is 15.2. The van der Waals surface area contributed by atoms with Crippen molar-refractivity contribution in [3.05, 3.63) is 29.8 Å². The summed E-state index contributed by atoms with van der Waals surface area (Å²) in [4.78, 5) is 15.6. The first kappa shape index (κ1) is 18.3. The van der Waals surface area contributed by atoms with E-state index in [0.717, 1.165) is 26.2 Å². The molecule has 1 aliphatic rings. The summed E-state index contributed by atoms with van der Waals surface area (Å²) in [7, 11) is 0. The van der Waals surface area contributed by atoms with E-state index >= 15 is 0 Å². The van der Waals surface area contributed by atoms with Crippen LogP contribution < -0.4 is 5.32 Å². The number of nitrogens with one attached hydrogen (secondary N) is 1. The molecule has 1 N–H and O–H groups in total. The third-order valence-corrected chi connectivity index (χ3v) is 5.00. The van der Waals surface area contributed by atoms with Crippen LogP contribution in [0.25, 0.3) is 0 Å². The topological polar surface area (TPSA) is 41.6 Å². The first-order chi connectivity index (χ1) is 11.0. The fraction of sp³-hybridized carbons (Fsp3) is 0.611. The van der Waals surface area contributed by atoms with E-state index in [2.05, 4.69) is 43.1 Å². The Hall–Kier alpha value is -1.04. The van der Waals surface area contributed by atoms with Gasteiger partial charge in [0.15, 0.2) is 0 Å². The molecule has 1 amide bonds. The van der Waals surface area contributed by atoms with Gasteiger partial charge in [-0.3, -0.25) is 9.69 Å². The van der Waals surface area contributed by atoms with Crippen molar-refractivity contribution < 1.29 is 9.53 Å². The number of aryl methyl sites for hydroxylation is 1. The van der Waals surface area contributed by atoms with Gasteiger partial charge in [0.2, 0.25) is 5.91 Å².